The largest absolute Gasteiger partial charge is 0.352 e. The lowest BCUT2D eigenvalue weighted by Gasteiger charge is -2.11. The van der Waals surface area contributed by atoms with Gasteiger partial charge in [0, 0.05) is 35.8 Å². The summed E-state index contributed by atoms with van der Waals surface area (Å²) < 4.78 is 2.68. The van der Waals surface area contributed by atoms with E-state index in [0.29, 0.717) is 40.6 Å². The Morgan fingerprint density at radius 3 is 2.63 bits per heavy atom. The van der Waals surface area contributed by atoms with Gasteiger partial charge >= 0.3 is 0 Å². The van der Waals surface area contributed by atoms with Gasteiger partial charge in [0.15, 0.2) is 4.77 Å². The lowest BCUT2D eigenvalue weighted by Crippen LogP contribution is -2.26. The minimum atomic E-state index is -0.209. The number of aromatic nitrogens is 3. The van der Waals surface area contributed by atoms with Crippen LogP contribution in [0.3, 0.4) is 0 Å². The molecule has 3 aromatic rings. The molecule has 2 amide bonds. The summed E-state index contributed by atoms with van der Waals surface area (Å²) in [5.41, 5.74) is 2.56. The van der Waals surface area contributed by atoms with Gasteiger partial charge in [-0.3, -0.25) is 14.7 Å². The van der Waals surface area contributed by atoms with Crippen molar-refractivity contribution in [3.8, 4) is 0 Å². The van der Waals surface area contributed by atoms with Crippen LogP contribution in [0.1, 0.15) is 51.0 Å². The fourth-order valence-corrected chi connectivity index (χ4v) is 3.59. The Morgan fingerprint density at radius 2 is 1.90 bits per heavy atom. The minimum Gasteiger partial charge on any atom is -0.352 e. The number of carbonyl (C=O) groups excluding carboxylic acids is 2. The Kier molecular flexibility index (Phi) is 5.76. The van der Waals surface area contributed by atoms with Crippen LogP contribution in [0.2, 0.25) is 0 Å². The molecule has 2 aromatic carbocycles. The molecule has 8 heteroatoms. The van der Waals surface area contributed by atoms with Crippen molar-refractivity contribution >= 4 is 29.7 Å². The highest BCUT2D eigenvalue weighted by atomic mass is 32.1. The summed E-state index contributed by atoms with van der Waals surface area (Å²) in [6.45, 7) is 2.34. The number of hydrogen-bond donors (Lipinski definition) is 3. The predicted octanol–water partition coefficient (Wildman–Crippen LogP) is 3.81. The molecule has 4 rings (SSSR count). The molecule has 0 aliphatic heterocycles. The lowest BCUT2D eigenvalue weighted by atomic mass is 10.1. The highest BCUT2D eigenvalue weighted by Crippen LogP contribution is 2.35. The highest BCUT2D eigenvalue weighted by molar-refractivity contribution is 7.71. The van der Waals surface area contributed by atoms with Crippen LogP contribution in [0.5, 0.6) is 0 Å². The van der Waals surface area contributed by atoms with Crippen molar-refractivity contribution in [1.82, 2.24) is 20.1 Å². The van der Waals surface area contributed by atoms with Crippen LogP contribution in [0.4, 0.5) is 5.69 Å². The Labute approximate surface area is 179 Å². The van der Waals surface area contributed by atoms with E-state index in [1.54, 1.807) is 24.3 Å². The molecular formula is C22H23N5O2S. The van der Waals surface area contributed by atoms with Gasteiger partial charge in [0.2, 0.25) is 0 Å². The SMILES string of the molecule is Cc1ccc(C(=O)NCCc2n[nH]c(=S)n2C2CC2)cc1NC(=O)c1ccccc1. The molecule has 0 unspecified atom stereocenters. The van der Waals surface area contributed by atoms with Crippen molar-refractivity contribution in [2.24, 2.45) is 0 Å². The maximum absolute atomic E-state index is 12.6. The lowest BCUT2D eigenvalue weighted by molar-refractivity contribution is 0.0952. The normalized spacial score (nSPS) is 13.1. The number of aromatic amines is 1. The number of H-pyrrole nitrogens is 1. The highest BCUT2D eigenvalue weighted by Gasteiger charge is 2.27. The van der Waals surface area contributed by atoms with Crippen LogP contribution in [-0.4, -0.2) is 33.1 Å². The molecule has 7 nitrogen and oxygen atoms in total. The van der Waals surface area contributed by atoms with Crippen LogP contribution in [0.15, 0.2) is 48.5 Å². The second-order valence-electron chi connectivity index (χ2n) is 7.40. The number of carbonyl (C=O) groups is 2. The zero-order valence-electron chi connectivity index (χ0n) is 16.6. The van der Waals surface area contributed by atoms with Gasteiger partial charge in [-0.25, -0.2) is 0 Å². The summed E-state index contributed by atoms with van der Waals surface area (Å²) in [5, 5.41) is 12.9. The average molecular weight is 422 g/mol. The fourth-order valence-electron chi connectivity index (χ4n) is 3.29. The monoisotopic (exact) mass is 421 g/mol. The molecule has 1 aliphatic rings. The number of nitrogens with one attached hydrogen (secondary N) is 3. The Bertz CT molecular complexity index is 1130. The molecular weight excluding hydrogens is 398 g/mol. The molecule has 0 saturated heterocycles. The third kappa shape index (κ3) is 4.49. The summed E-state index contributed by atoms with van der Waals surface area (Å²) in [6, 6.07) is 14.7. The standard InChI is InChI=1S/C22H23N5O2S/c1-14-7-8-16(13-18(14)24-21(29)15-5-3-2-4-6-15)20(28)23-12-11-19-25-26-22(30)27(19)17-9-10-17/h2-8,13,17H,9-12H2,1H3,(H,23,28)(H,24,29)(H,26,30). The molecule has 30 heavy (non-hydrogen) atoms. The van der Waals surface area contributed by atoms with Gasteiger partial charge in [0.1, 0.15) is 5.82 Å². The first-order valence-corrected chi connectivity index (χ1v) is 10.3. The Morgan fingerprint density at radius 1 is 1.13 bits per heavy atom. The number of anilines is 1. The van der Waals surface area contributed by atoms with Crippen molar-refractivity contribution in [1.29, 1.82) is 0 Å². The van der Waals surface area contributed by atoms with Crippen LogP contribution >= 0.6 is 12.2 Å². The first kappa shape index (κ1) is 20.0. The summed E-state index contributed by atoms with van der Waals surface area (Å²) in [5.74, 6) is 0.457. The Hall–Kier alpha value is -3.26. The maximum atomic E-state index is 12.6. The number of amides is 2. The first-order chi connectivity index (χ1) is 14.5. The third-order valence-corrected chi connectivity index (χ3v) is 5.40. The summed E-state index contributed by atoms with van der Waals surface area (Å²) >= 11 is 5.29. The van der Waals surface area contributed by atoms with E-state index in [-0.39, 0.29) is 11.8 Å². The zero-order valence-corrected chi connectivity index (χ0v) is 17.5. The molecule has 0 bridgehead atoms. The van der Waals surface area contributed by atoms with Crippen LogP contribution < -0.4 is 10.6 Å². The van der Waals surface area contributed by atoms with Gasteiger partial charge in [-0.1, -0.05) is 24.3 Å². The molecule has 1 aromatic heterocycles. The van der Waals surface area contributed by atoms with Crippen molar-refractivity contribution < 1.29 is 9.59 Å². The van der Waals surface area contributed by atoms with Gasteiger partial charge in [0.05, 0.1) is 0 Å². The number of aryl methyl sites for hydroxylation is 1. The third-order valence-electron chi connectivity index (χ3n) is 5.11. The van der Waals surface area contributed by atoms with E-state index in [0.717, 1.165) is 24.2 Å². The summed E-state index contributed by atoms with van der Waals surface area (Å²) in [7, 11) is 0. The number of hydrogen-bond acceptors (Lipinski definition) is 4. The molecule has 0 spiro atoms. The minimum absolute atomic E-state index is 0.197. The quantitative estimate of drug-likeness (QED) is 0.506. The average Bonchev–Trinajstić information content (AvgIpc) is 3.52. The van der Waals surface area contributed by atoms with Crippen molar-refractivity contribution in [3.05, 3.63) is 75.8 Å². The second-order valence-corrected chi connectivity index (χ2v) is 7.79. The molecule has 1 aliphatic carbocycles. The second kappa shape index (κ2) is 8.62. The summed E-state index contributed by atoms with van der Waals surface area (Å²) in [4.78, 5) is 25.0. The maximum Gasteiger partial charge on any atom is 0.255 e. The van der Waals surface area contributed by atoms with E-state index in [1.165, 1.54) is 0 Å². The molecule has 154 valence electrons. The smallest absolute Gasteiger partial charge is 0.255 e. The van der Waals surface area contributed by atoms with Crippen molar-refractivity contribution in [2.45, 2.75) is 32.2 Å². The van der Waals surface area contributed by atoms with Gasteiger partial charge < -0.3 is 15.2 Å². The first-order valence-electron chi connectivity index (χ1n) is 9.94. The molecule has 1 fully saturated rings. The van der Waals surface area contributed by atoms with E-state index >= 15 is 0 Å². The van der Waals surface area contributed by atoms with Gasteiger partial charge in [-0.05, 0) is 61.8 Å². The molecule has 0 atom stereocenters. The van der Waals surface area contributed by atoms with E-state index in [9.17, 15) is 9.59 Å². The van der Waals surface area contributed by atoms with Gasteiger partial charge in [0.25, 0.3) is 11.8 Å². The number of rotatable bonds is 7. The molecule has 3 N–H and O–H groups in total. The van der Waals surface area contributed by atoms with E-state index < -0.39 is 0 Å². The van der Waals surface area contributed by atoms with Crippen LogP contribution in [0, 0.1) is 11.7 Å². The fraction of sp³-hybridized carbons (Fsp3) is 0.273. The van der Waals surface area contributed by atoms with Gasteiger partial charge in [-0.2, -0.15) is 5.10 Å². The summed E-state index contributed by atoms with van der Waals surface area (Å²) in [6.07, 6.45) is 2.83. The topological polar surface area (TPSA) is 91.8 Å². The van der Waals surface area contributed by atoms with Crippen molar-refractivity contribution in [3.63, 3.8) is 0 Å². The van der Waals surface area contributed by atoms with E-state index in [1.807, 2.05) is 35.8 Å². The van der Waals surface area contributed by atoms with E-state index in [2.05, 4.69) is 20.8 Å². The van der Waals surface area contributed by atoms with Crippen molar-refractivity contribution in [2.75, 3.05) is 11.9 Å². The van der Waals surface area contributed by atoms with Crippen LogP contribution in [0.25, 0.3) is 0 Å². The number of benzene rings is 2. The van der Waals surface area contributed by atoms with Crippen LogP contribution in [-0.2, 0) is 6.42 Å². The molecule has 1 heterocycles. The zero-order chi connectivity index (χ0) is 21.1. The molecule has 0 radical (unpaired) electrons. The van der Waals surface area contributed by atoms with Gasteiger partial charge in [-0.15, -0.1) is 0 Å². The predicted molar refractivity (Wildman–Crippen MR) is 117 cm³/mol. The molecule has 1 saturated carbocycles. The Balaban J connectivity index is 1.39. The van der Waals surface area contributed by atoms with E-state index in [4.69, 9.17) is 12.2 Å². The number of nitrogens with zero attached hydrogens (tertiary/aromatic N) is 2.